The molecule has 11 heavy (non-hydrogen) atoms. The number of rotatable bonds is 1. The zero-order valence-electron chi connectivity index (χ0n) is 7.13. The molecule has 1 heterocycles. The van der Waals surface area contributed by atoms with Crippen LogP contribution in [-0.2, 0) is 0 Å². The van der Waals surface area contributed by atoms with Crippen molar-refractivity contribution in [1.29, 1.82) is 0 Å². The molecule has 3 heteroatoms. The van der Waals surface area contributed by atoms with Gasteiger partial charge in [-0.15, -0.1) is 0 Å². The first kappa shape index (κ1) is 9.75. The lowest BCUT2D eigenvalue weighted by atomic mass is 10.4. The first-order valence-electron chi connectivity index (χ1n) is 3.66. The van der Waals surface area contributed by atoms with Gasteiger partial charge in [-0.25, -0.2) is 4.98 Å². The maximum Gasteiger partial charge on any atom is 0.168 e. The number of hydrogen-bond acceptors (Lipinski definition) is 3. The molecule has 62 valence electrons. The van der Waals surface area contributed by atoms with Crippen LogP contribution in [0.2, 0.25) is 0 Å². The average molecular weight is 154 g/mol. The van der Waals surface area contributed by atoms with E-state index < -0.39 is 0 Å². The molecule has 0 unspecified atom stereocenters. The molecule has 0 aliphatic heterocycles. The summed E-state index contributed by atoms with van der Waals surface area (Å²) in [5, 5.41) is 11.7. The molecule has 0 spiro atoms. The molecule has 0 saturated heterocycles. The van der Waals surface area contributed by atoms with Crippen molar-refractivity contribution in [3.05, 3.63) is 18.3 Å². The minimum absolute atomic E-state index is 0.181. The zero-order chi connectivity index (χ0) is 8.69. The normalized spacial score (nSPS) is 7.91. The molecule has 1 aromatic rings. The predicted octanol–water partition coefficient (Wildman–Crippen LogP) is 1.86. The molecule has 0 amide bonds. The highest BCUT2D eigenvalue weighted by atomic mass is 16.3. The van der Waals surface area contributed by atoms with Crippen molar-refractivity contribution in [2.45, 2.75) is 13.8 Å². The Morgan fingerprint density at radius 2 is 2.09 bits per heavy atom. The molecular formula is C8H14N2O. The lowest BCUT2D eigenvalue weighted by Gasteiger charge is -1.98. The minimum Gasteiger partial charge on any atom is -0.504 e. The van der Waals surface area contributed by atoms with E-state index in [0.29, 0.717) is 5.82 Å². The second-order valence-corrected chi connectivity index (χ2v) is 1.62. The van der Waals surface area contributed by atoms with Crippen molar-refractivity contribution in [3.63, 3.8) is 0 Å². The summed E-state index contributed by atoms with van der Waals surface area (Å²) in [4.78, 5) is 3.84. The number of nitrogens with one attached hydrogen (secondary N) is 1. The van der Waals surface area contributed by atoms with E-state index in [0.717, 1.165) is 0 Å². The molecule has 1 rings (SSSR count). The van der Waals surface area contributed by atoms with Crippen LogP contribution in [0.25, 0.3) is 0 Å². The molecular weight excluding hydrogens is 140 g/mol. The largest absolute Gasteiger partial charge is 0.504 e. The number of pyridine rings is 1. The van der Waals surface area contributed by atoms with E-state index >= 15 is 0 Å². The van der Waals surface area contributed by atoms with Gasteiger partial charge in [0.05, 0.1) is 0 Å². The number of hydrogen-bond donors (Lipinski definition) is 2. The topological polar surface area (TPSA) is 45.2 Å². The summed E-state index contributed by atoms with van der Waals surface area (Å²) in [5.74, 6) is 0.692. The molecule has 0 atom stereocenters. The first-order chi connectivity index (χ1) is 5.34. The SMILES string of the molecule is CC.CNc1ncccc1O. The van der Waals surface area contributed by atoms with Gasteiger partial charge in [0.1, 0.15) is 0 Å². The van der Waals surface area contributed by atoms with E-state index in [9.17, 15) is 0 Å². The van der Waals surface area contributed by atoms with Crippen LogP contribution in [0.15, 0.2) is 18.3 Å². The number of anilines is 1. The van der Waals surface area contributed by atoms with Gasteiger partial charge in [0.25, 0.3) is 0 Å². The summed E-state index contributed by atoms with van der Waals surface area (Å²) in [7, 11) is 1.71. The number of nitrogens with zero attached hydrogens (tertiary/aromatic N) is 1. The van der Waals surface area contributed by atoms with Gasteiger partial charge in [-0.1, -0.05) is 13.8 Å². The van der Waals surface area contributed by atoms with Crippen LogP contribution in [-0.4, -0.2) is 17.1 Å². The van der Waals surface area contributed by atoms with Crippen molar-refractivity contribution in [2.75, 3.05) is 12.4 Å². The Hall–Kier alpha value is -1.25. The molecule has 0 bridgehead atoms. The first-order valence-corrected chi connectivity index (χ1v) is 3.66. The van der Waals surface area contributed by atoms with Crippen LogP contribution in [0.1, 0.15) is 13.8 Å². The quantitative estimate of drug-likeness (QED) is 0.649. The van der Waals surface area contributed by atoms with Gasteiger partial charge in [-0.3, -0.25) is 0 Å². The predicted molar refractivity (Wildman–Crippen MR) is 46.8 cm³/mol. The fourth-order valence-corrected chi connectivity index (χ4v) is 0.589. The van der Waals surface area contributed by atoms with Crippen LogP contribution in [0.4, 0.5) is 5.82 Å². The molecule has 0 aliphatic rings. The van der Waals surface area contributed by atoms with Crippen LogP contribution in [0.5, 0.6) is 5.75 Å². The molecule has 0 aromatic carbocycles. The average Bonchev–Trinajstić information content (AvgIpc) is 2.09. The van der Waals surface area contributed by atoms with Crippen molar-refractivity contribution in [2.24, 2.45) is 0 Å². The molecule has 0 saturated carbocycles. The van der Waals surface area contributed by atoms with E-state index in [-0.39, 0.29) is 5.75 Å². The Bertz CT molecular complexity index is 201. The van der Waals surface area contributed by atoms with Gasteiger partial charge in [0.15, 0.2) is 11.6 Å². The standard InChI is InChI=1S/C6H8N2O.C2H6/c1-7-6-5(9)3-2-4-8-6;1-2/h2-4,9H,1H3,(H,7,8);1-2H3. The monoisotopic (exact) mass is 154 g/mol. The molecule has 0 fully saturated rings. The minimum atomic E-state index is 0.181. The third-order valence-corrected chi connectivity index (χ3v) is 1.02. The maximum atomic E-state index is 8.99. The third kappa shape index (κ3) is 2.89. The Kier molecular flexibility index (Phi) is 4.90. The lowest BCUT2D eigenvalue weighted by Crippen LogP contribution is -1.90. The Morgan fingerprint density at radius 1 is 1.45 bits per heavy atom. The third-order valence-electron chi connectivity index (χ3n) is 1.02. The van der Waals surface area contributed by atoms with E-state index in [2.05, 4.69) is 10.3 Å². The summed E-state index contributed by atoms with van der Waals surface area (Å²) in [6.45, 7) is 4.00. The van der Waals surface area contributed by atoms with Gasteiger partial charge in [0, 0.05) is 13.2 Å². The van der Waals surface area contributed by atoms with Gasteiger partial charge >= 0.3 is 0 Å². The van der Waals surface area contributed by atoms with Gasteiger partial charge in [0.2, 0.25) is 0 Å². The molecule has 0 aliphatic carbocycles. The summed E-state index contributed by atoms with van der Waals surface area (Å²) >= 11 is 0. The highest BCUT2D eigenvalue weighted by molar-refractivity contribution is 5.47. The molecule has 2 N–H and O–H groups in total. The summed E-state index contributed by atoms with van der Waals surface area (Å²) in [6, 6.07) is 3.26. The van der Waals surface area contributed by atoms with Crippen LogP contribution < -0.4 is 5.32 Å². The van der Waals surface area contributed by atoms with Crippen molar-refractivity contribution in [1.82, 2.24) is 4.98 Å². The Labute approximate surface area is 67.1 Å². The van der Waals surface area contributed by atoms with E-state index in [1.165, 1.54) is 0 Å². The summed E-state index contributed by atoms with van der Waals surface area (Å²) in [5.41, 5.74) is 0. The summed E-state index contributed by atoms with van der Waals surface area (Å²) in [6.07, 6.45) is 1.62. The molecule has 0 radical (unpaired) electrons. The Morgan fingerprint density at radius 3 is 2.45 bits per heavy atom. The zero-order valence-corrected chi connectivity index (χ0v) is 7.13. The van der Waals surface area contributed by atoms with Gasteiger partial charge in [-0.2, -0.15) is 0 Å². The van der Waals surface area contributed by atoms with E-state index in [4.69, 9.17) is 5.11 Å². The summed E-state index contributed by atoms with van der Waals surface area (Å²) < 4.78 is 0. The van der Waals surface area contributed by atoms with E-state index in [1.54, 1.807) is 25.4 Å². The van der Waals surface area contributed by atoms with Gasteiger partial charge in [-0.05, 0) is 12.1 Å². The maximum absolute atomic E-state index is 8.99. The fourth-order valence-electron chi connectivity index (χ4n) is 0.589. The van der Waals surface area contributed by atoms with Crippen LogP contribution in [0.3, 0.4) is 0 Å². The Balaban J connectivity index is 0.000000461. The second kappa shape index (κ2) is 5.53. The number of aromatic hydroxyl groups is 1. The van der Waals surface area contributed by atoms with Crippen molar-refractivity contribution in [3.8, 4) is 5.75 Å². The van der Waals surface area contributed by atoms with Crippen molar-refractivity contribution < 1.29 is 5.11 Å². The van der Waals surface area contributed by atoms with Crippen LogP contribution >= 0.6 is 0 Å². The molecule has 3 nitrogen and oxygen atoms in total. The second-order valence-electron chi connectivity index (χ2n) is 1.62. The molecule has 1 aromatic heterocycles. The smallest absolute Gasteiger partial charge is 0.168 e. The van der Waals surface area contributed by atoms with E-state index in [1.807, 2.05) is 13.8 Å². The fraction of sp³-hybridized carbons (Fsp3) is 0.375. The van der Waals surface area contributed by atoms with Gasteiger partial charge < -0.3 is 10.4 Å². The highest BCUT2D eigenvalue weighted by Gasteiger charge is 1.93. The number of aromatic nitrogens is 1. The lowest BCUT2D eigenvalue weighted by molar-refractivity contribution is 0.475. The van der Waals surface area contributed by atoms with Crippen LogP contribution in [0, 0.1) is 0 Å². The highest BCUT2D eigenvalue weighted by Crippen LogP contribution is 2.16. The van der Waals surface area contributed by atoms with Crippen molar-refractivity contribution >= 4 is 5.82 Å².